The molecule has 0 heterocycles. The topological polar surface area (TPSA) is 87.7 Å². The van der Waals surface area contributed by atoms with Crippen LogP contribution in [0, 0.1) is 5.92 Å². The lowest BCUT2D eigenvalue weighted by Gasteiger charge is -2.22. The number of aliphatic carboxylic acids is 1. The Kier molecular flexibility index (Phi) is 8.02. The number of carbonyl (C=O) groups excluding carboxylic acids is 1. The first kappa shape index (κ1) is 16.8. The maximum absolute atomic E-state index is 11.7. The summed E-state index contributed by atoms with van der Waals surface area (Å²) < 4.78 is 4.88. The summed E-state index contributed by atoms with van der Waals surface area (Å²) in [5.74, 6) is -0.472. The van der Waals surface area contributed by atoms with Crippen molar-refractivity contribution in [3.8, 4) is 0 Å². The number of ether oxygens (including phenoxy) is 1. The van der Waals surface area contributed by atoms with E-state index in [-0.39, 0.29) is 6.03 Å². The van der Waals surface area contributed by atoms with Crippen molar-refractivity contribution in [3.05, 3.63) is 0 Å². The van der Waals surface area contributed by atoms with Crippen molar-refractivity contribution in [2.24, 2.45) is 5.92 Å². The van der Waals surface area contributed by atoms with Gasteiger partial charge in [0.1, 0.15) is 6.04 Å². The van der Waals surface area contributed by atoms with E-state index in [1.807, 2.05) is 0 Å². The molecule has 6 heteroatoms. The van der Waals surface area contributed by atoms with Gasteiger partial charge in [-0.25, -0.2) is 9.59 Å². The van der Waals surface area contributed by atoms with E-state index in [1.54, 1.807) is 7.11 Å². The highest BCUT2D eigenvalue weighted by molar-refractivity contribution is 5.82. The van der Waals surface area contributed by atoms with Crippen LogP contribution in [0.3, 0.4) is 0 Å². The fourth-order valence-corrected chi connectivity index (χ4v) is 2.53. The van der Waals surface area contributed by atoms with E-state index < -0.39 is 12.0 Å². The van der Waals surface area contributed by atoms with Crippen LogP contribution in [-0.4, -0.2) is 43.4 Å². The maximum atomic E-state index is 11.7. The molecule has 1 rings (SSSR count). The lowest BCUT2D eigenvalue weighted by molar-refractivity contribution is -0.139. The molecule has 1 atom stereocenters. The molecule has 20 heavy (non-hydrogen) atoms. The molecule has 0 radical (unpaired) electrons. The Morgan fingerprint density at radius 2 is 2.00 bits per heavy atom. The summed E-state index contributed by atoms with van der Waals surface area (Å²) in [5.41, 5.74) is 0. The SMILES string of the molecule is COCCCC(NC(=O)NCC1CCCCC1)C(=O)O. The van der Waals surface area contributed by atoms with Crippen molar-refractivity contribution >= 4 is 12.0 Å². The summed E-state index contributed by atoms with van der Waals surface area (Å²) in [6.45, 7) is 1.13. The summed E-state index contributed by atoms with van der Waals surface area (Å²) >= 11 is 0. The van der Waals surface area contributed by atoms with E-state index in [0.29, 0.717) is 31.9 Å². The second-order valence-electron chi connectivity index (χ2n) is 5.38. The third-order valence-corrected chi connectivity index (χ3v) is 3.72. The molecule has 0 aromatic rings. The van der Waals surface area contributed by atoms with Crippen molar-refractivity contribution in [2.75, 3.05) is 20.3 Å². The molecule has 0 aliphatic heterocycles. The Morgan fingerprint density at radius 1 is 1.30 bits per heavy atom. The number of carboxylic acids is 1. The van der Waals surface area contributed by atoms with Gasteiger partial charge in [-0.1, -0.05) is 19.3 Å². The summed E-state index contributed by atoms with van der Waals surface area (Å²) in [6.07, 6.45) is 7.01. The zero-order valence-corrected chi connectivity index (χ0v) is 12.2. The first-order chi connectivity index (χ1) is 9.63. The fourth-order valence-electron chi connectivity index (χ4n) is 2.53. The highest BCUT2D eigenvalue weighted by atomic mass is 16.5. The third kappa shape index (κ3) is 6.75. The molecule has 3 N–H and O–H groups in total. The number of hydrogen-bond acceptors (Lipinski definition) is 3. The molecule has 6 nitrogen and oxygen atoms in total. The molecule has 1 unspecified atom stereocenters. The van der Waals surface area contributed by atoms with Gasteiger partial charge in [0.2, 0.25) is 0 Å². The number of hydrogen-bond donors (Lipinski definition) is 3. The quantitative estimate of drug-likeness (QED) is 0.593. The number of methoxy groups -OCH3 is 1. The van der Waals surface area contributed by atoms with Crippen LogP contribution >= 0.6 is 0 Å². The summed E-state index contributed by atoms with van der Waals surface area (Å²) in [7, 11) is 1.57. The standard InChI is InChI=1S/C14H26N2O4/c1-20-9-5-8-12(13(17)18)16-14(19)15-10-11-6-3-2-4-7-11/h11-12H,2-10H2,1H3,(H,17,18)(H2,15,16,19). The summed E-state index contributed by atoms with van der Waals surface area (Å²) in [4.78, 5) is 22.8. The minimum atomic E-state index is -1.01. The lowest BCUT2D eigenvalue weighted by atomic mass is 9.89. The monoisotopic (exact) mass is 286 g/mol. The Bertz CT molecular complexity index is 304. The second kappa shape index (κ2) is 9.58. The lowest BCUT2D eigenvalue weighted by Crippen LogP contribution is -2.47. The Labute approximate surface area is 120 Å². The van der Waals surface area contributed by atoms with E-state index in [1.165, 1.54) is 19.3 Å². The van der Waals surface area contributed by atoms with Gasteiger partial charge in [0, 0.05) is 20.3 Å². The van der Waals surface area contributed by atoms with E-state index in [4.69, 9.17) is 9.84 Å². The molecule has 0 saturated heterocycles. The molecule has 1 aliphatic carbocycles. The predicted octanol–water partition coefficient (Wildman–Crippen LogP) is 1.75. The van der Waals surface area contributed by atoms with Crippen LogP contribution in [0.4, 0.5) is 4.79 Å². The Hall–Kier alpha value is -1.30. The van der Waals surface area contributed by atoms with E-state index in [2.05, 4.69) is 10.6 Å². The number of urea groups is 1. The highest BCUT2D eigenvalue weighted by Gasteiger charge is 2.20. The van der Waals surface area contributed by atoms with Gasteiger partial charge in [-0.3, -0.25) is 0 Å². The van der Waals surface area contributed by atoms with Crippen molar-refractivity contribution in [2.45, 2.75) is 51.0 Å². The van der Waals surface area contributed by atoms with Gasteiger partial charge in [0.15, 0.2) is 0 Å². The fraction of sp³-hybridized carbons (Fsp3) is 0.857. The molecule has 0 bridgehead atoms. The van der Waals surface area contributed by atoms with Crippen molar-refractivity contribution in [1.29, 1.82) is 0 Å². The largest absolute Gasteiger partial charge is 0.480 e. The molecule has 2 amide bonds. The van der Waals surface area contributed by atoms with E-state index in [0.717, 1.165) is 12.8 Å². The summed E-state index contributed by atoms with van der Waals surface area (Å²) in [5, 5.41) is 14.3. The molecule has 1 fully saturated rings. The minimum Gasteiger partial charge on any atom is -0.480 e. The molecular weight excluding hydrogens is 260 g/mol. The van der Waals surface area contributed by atoms with Gasteiger partial charge in [-0.2, -0.15) is 0 Å². The molecule has 0 aromatic carbocycles. The zero-order chi connectivity index (χ0) is 14.8. The number of amides is 2. The van der Waals surface area contributed by atoms with Gasteiger partial charge < -0.3 is 20.5 Å². The molecule has 1 aliphatic rings. The molecular formula is C14H26N2O4. The average Bonchev–Trinajstić information content (AvgIpc) is 2.45. The maximum Gasteiger partial charge on any atom is 0.326 e. The first-order valence-electron chi connectivity index (χ1n) is 7.39. The van der Waals surface area contributed by atoms with Gasteiger partial charge >= 0.3 is 12.0 Å². The Morgan fingerprint density at radius 3 is 2.60 bits per heavy atom. The molecule has 116 valence electrons. The number of rotatable bonds is 8. The van der Waals surface area contributed by atoms with Crippen LogP contribution in [0.5, 0.6) is 0 Å². The highest BCUT2D eigenvalue weighted by Crippen LogP contribution is 2.22. The average molecular weight is 286 g/mol. The van der Waals surface area contributed by atoms with Crippen LogP contribution in [0.2, 0.25) is 0 Å². The third-order valence-electron chi connectivity index (χ3n) is 3.72. The predicted molar refractivity (Wildman–Crippen MR) is 75.6 cm³/mol. The zero-order valence-electron chi connectivity index (χ0n) is 12.2. The van der Waals surface area contributed by atoms with Gasteiger partial charge in [0.25, 0.3) is 0 Å². The van der Waals surface area contributed by atoms with Crippen LogP contribution in [0.15, 0.2) is 0 Å². The van der Waals surface area contributed by atoms with Crippen LogP contribution in [0.25, 0.3) is 0 Å². The second-order valence-corrected chi connectivity index (χ2v) is 5.38. The Balaban J connectivity index is 2.24. The van der Waals surface area contributed by atoms with Crippen molar-refractivity contribution in [3.63, 3.8) is 0 Å². The van der Waals surface area contributed by atoms with Gasteiger partial charge in [0.05, 0.1) is 0 Å². The van der Waals surface area contributed by atoms with E-state index >= 15 is 0 Å². The van der Waals surface area contributed by atoms with E-state index in [9.17, 15) is 9.59 Å². The van der Waals surface area contributed by atoms with Gasteiger partial charge in [-0.05, 0) is 31.6 Å². The molecule has 1 saturated carbocycles. The minimum absolute atomic E-state index is 0.375. The summed E-state index contributed by atoms with van der Waals surface area (Å²) in [6, 6.07) is -1.24. The number of nitrogens with one attached hydrogen (secondary N) is 2. The number of carboxylic acid groups (broad SMARTS) is 1. The molecule has 0 spiro atoms. The van der Waals surface area contributed by atoms with Crippen molar-refractivity contribution in [1.82, 2.24) is 10.6 Å². The van der Waals surface area contributed by atoms with Crippen LogP contribution < -0.4 is 10.6 Å². The molecule has 0 aromatic heterocycles. The first-order valence-corrected chi connectivity index (χ1v) is 7.39. The number of carbonyl (C=O) groups is 2. The van der Waals surface area contributed by atoms with Crippen LogP contribution in [-0.2, 0) is 9.53 Å². The van der Waals surface area contributed by atoms with Gasteiger partial charge in [-0.15, -0.1) is 0 Å². The van der Waals surface area contributed by atoms with Crippen LogP contribution in [0.1, 0.15) is 44.9 Å². The smallest absolute Gasteiger partial charge is 0.326 e. The van der Waals surface area contributed by atoms with Crippen molar-refractivity contribution < 1.29 is 19.4 Å². The normalized spacial score (nSPS) is 17.4.